The third-order valence-electron chi connectivity index (χ3n) is 6.71. The molecule has 1 aliphatic carbocycles. The molecule has 0 spiro atoms. The number of anilines is 1. The molecule has 1 aliphatic heterocycles. The summed E-state index contributed by atoms with van der Waals surface area (Å²) in [5.41, 5.74) is 3.70. The zero-order valence-electron chi connectivity index (χ0n) is 24.0. The summed E-state index contributed by atoms with van der Waals surface area (Å²) in [6.45, 7) is 11.3. The Bertz CT molecular complexity index is 1090. The Labute approximate surface area is 248 Å². The van der Waals surface area contributed by atoms with Crippen molar-refractivity contribution in [2.75, 3.05) is 72.4 Å². The van der Waals surface area contributed by atoms with Gasteiger partial charge in [0.25, 0.3) is 0 Å². The van der Waals surface area contributed by atoms with Crippen molar-refractivity contribution in [3.05, 3.63) is 41.8 Å². The van der Waals surface area contributed by atoms with Crippen molar-refractivity contribution in [3.63, 3.8) is 0 Å². The molecule has 37 heavy (non-hydrogen) atoms. The van der Waals surface area contributed by atoms with E-state index < -0.39 is 0 Å². The van der Waals surface area contributed by atoms with E-state index in [1.54, 1.807) is 0 Å². The largest absolute Gasteiger partial charge is 1.00 e. The Morgan fingerprint density at radius 1 is 0.757 bits per heavy atom. The predicted molar refractivity (Wildman–Crippen MR) is 159 cm³/mol. The first-order valence-corrected chi connectivity index (χ1v) is 15.6. The third kappa shape index (κ3) is 10.2. The van der Waals surface area contributed by atoms with Crippen LogP contribution in [0.2, 0.25) is 0 Å². The molecule has 0 atom stereocenters. The van der Waals surface area contributed by atoms with Crippen LogP contribution in [0.5, 0.6) is 0 Å². The molecule has 0 amide bonds. The SMILES string of the molecule is CCCCN(CCCC)c1ccc2nc3ccc(=[N+](CCCN(C)C)CCCN(C)C)cc-3[se]c2c1.[I-]. The Morgan fingerprint density at radius 2 is 1.38 bits per heavy atom. The molecule has 0 aromatic heterocycles. The number of unbranched alkanes of at least 4 members (excludes halogenated alkanes) is 2. The van der Waals surface area contributed by atoms with Gasteiger partial charge in [-0.15, -0.1) is 0 Å². The number of nitrogens with zero attached hydrogens (tertiary/aromatic N) is 5. The maximum atomic E-state index is 5.07. The Kier molecular flexibility index (Phi) is 14.7. The van der Waals surface area contributed by atoms with Gasteiger partial charge in [0.2, 0.25) is 0 Å². The van der Waals surface area contributed by atoms with Gasteiger partial charge in [0.15, 0.2) is 0 Å². The van der Waals surface area contributed by atoms with Gasteiger partial charge in [-0.05, 0) is 0 Å². The van der Waals surface area contributed by atoms with Gasteiger partial charge in [0, 0.05) is 0 Å². The number of hydrogen-bond donors (Lipinski definition) is 0. The zero-order chi connectivity index (χ0) is 25.9. The molecule has 0 bridgehead atoms. The summed E-state index contributed by atoms with van der Waals surface area (Å²) in [6.07, 6.45) is 7.34. The van der Waals surface area contributed by atoms with Crippen molar-refractivity contribution in [3.8, 4) is 10.1 Å². The molecular formula is C30H48IN5Se. The summed E-state index contributed by atoms with van der Waals surface area (Å²) in [5.74, 6) is 0. The van der Waals surface area contributed by atoms with E-state index in [0.29, 0.717) is 0 Å². The monoisotopic (exact) mass is 685 g/mol. The van der Waals surface area contributed by atoms with E-state index >= 15 is 0 Å². The molecule has 1 aromatic carbocycles. The maximum Gasteiger partial charge on any atom is -1.00 e. The molecule has 7 heteroatoms. The second-order valence-corrected chi connectivity index (χ2v) is 12.8. The average molecular weight is 685 g/mol. The number of hydrogen-bond acceptors (Lipinski definition) is 4. The van der Waals surface area contributed by atoms with Crippen LogP contribution < -0.4 is 38.8 Å². The van der Waals surface area contributed by atoms with Crippen molar-refractivity contribution in [2.24, 2.45) is 0 Å². The zero-order valence-corrected chi connectivity index (χ0v) is 27.8. The minimum atomic E-state index is 0. The number of benzene rings is 2. The van der Waals surface area contributed by atoms with Crippen LogP contribution >= 0.6 is 0 Å². The van der Waals surface area contributed by atoms with E-state index in [-0.39, 0.29) is 38.5 Å². The fraction of sp³-hybridized carbons (Fsp3) is 0.600. The van der Waals surface area contributed by atoms with E-state index in [1.807, 2.05) is 0 Å². The normalized spacial score (nSPS) is 11.5. The van der Waals surface area contributed by atoms with Crippen molar-refractivity contribution in [1.29, 1.82) is 0 Å². The molecular weight excluding hydrogens is 636 g/mol. The molecule has 3 rings (SSSR count). The summed E-state index contributed by atoms with van der Waals surface area (Å²) < 4.78 is 5.44. The third-order valence-corrected chi connectivity index (χ3v) is 9.00. The molecule has 2 aliphatic rings. The first kappa shape index (κ1) is 32.2. The van der Waals surface area contributed by atoms with Gasteiger partial charge >= 0.3 is 226 Å². The summed E-state index contributed by atoms with van der Waals surface area (Å²) >= 11 is 0.276. The first-order valence-electron chi connectivity index (χ1n) is 13.9. The fourth-order valence-electron chi connectivity index (χ4n) is 4.59. The quantitative estimate of drug-likeness (QED) is 0.105. The summed E-state index contributed by atoms with van der Waals surface area (Å²) in [4.78, 5) is 12.2. The second kappa shape index (κ2) is 16.9. The average Bonchev–Trinajstić information content (AvgIpc) is 2.85. The summed E-state index contributed by atoms with van der Waals surface area (Å²) in [6, 6.07) is 14.0. The second-order valence-electron chi connectivity index (χ2n) is 10.5. The molecule has 1 heterocycles. The van der Waals surface area contributed by atoms with Crippen LogP contribution in [0.25, 0.3) is 19.9 Å². The van der Waals surface area contributed by atoms with E-state index in [1.165, 1.54) is 63.8 Å². The Hall–Kier alpha value is -0.991. The van der Waals surface area contributed by atoms with Crippen LogP contribution in [-0.4, -0.2) is 96.7 Å². The van der Waals surface area contributed by atoms with Gasteiger partial charge < -0.3 is 24.0 Å². The van der Waals surface area contributed by atoms with Gasteiger partial charge in [0.05, 0.1) is 0 Å². The van der Waals surface area contributed by atoms with Crippen LogP contribution in [-0.2, 0) is 0 Å². The van der Waals surface area contributed by atoms with Crippen LogP contribution in [0.3, 0.4) is 0 Å². The van der Waals surface area contributed by atoms with Crippen LogP contribution in [0.15, 0.2) is 36.4 Å². The molecule has 0 saturated heterocycles. The Morgan fingerprint density at radius 3 is 1.95 bits per heavy atom. The molecule has 0 saturated carbocycles. The molecule has 1 aromatic rings. The van der Waals surface area contributed by atoms with Crippen molar-refractivity contribution >= 4 is 30.0 Å². The van der Waals surface area contributed by atoms with E-state index in [0.717, 1.165) is 45.0 Å². The Balaban J connectivity index is 0.00000481. The summed E-state index contributed by atoms with van der Waals surface area (Å²) in [5, 5.41) is 1.36. The van der Waals surface area contributed by atoms with E-state index in [4.69, 9.17) is 4.98 Å². The van der Waals surface area contributed by atoms with Crippen LogP contribution in [0.1, 0.15) is 52.4 Å². The van der Waals surface area contributed by atoms with Gasteiger partial charge in [0.1, 0.15) is 0 Å². The molecule has 0 unspecified atom stereocenters. The van der Waals surface area contributed by atoms with Gasteiger partial charge in [-0.1, -0.05) is 0 Å². The van der Waals surface area contributed by atoms with Gasteiger partial charge in [-0.25, -0.2) is 0 Å². The molecule has 0 N–H and O–H groups in total. The topological polar surface area (TPSA) is 25.6 Å². The van der Waals surface area contributed by atoms with E-state index in [9.17, 15) is 0 Å². The first-order chi connectivity index (χ1) is 17.4. The van der Waals surface area contributed by atoms with Crippen LogP contribution in [0.4, 0.5) is 5.69 Å². The minimum absolute atomic E-state index is 0. The number of fused-ring (bicyclic) bond motifs is 2. The molecule has 5 nitrogen and oxygen atoms in total. The minimum Gasteiger partial charge on any atom is -1.00 e. The van der Waals surface area contributed by atoms with Crippen molar-refractivity contribution in [1.82, 2.24) is 19.4 Å². The van der Waals surface area contributed by atoms with Gasteiger partial charge in [-0.2, -0.15) is 0 Å². The summed E-state index contributed by atoms with van der Waals surface area (Å²) in [7, 11) is 8.65. The molecule has 0 fully saturated rings. The molecule has 0 radical (unpaired) electrons. The molecule has 206 valence electrons. The number of rotatable bonds is 15. The van der Waals surface area contributed by atoms with Crippen molar-refractivity contribution < 1.29 is 24.0 Å². The number of aromatic nitrogens is 1. The maximum absolute atomic E-state index is 5.07. The van der Waals surface area contributed by atoms with Gasteiger partial charge in [-0.3, -0.25) is 0 Å². The number of halogens is 1. The fourth-order valence-corrected chi connectivity index (χ4v) is 6.76. The smallest absolute Gasteiger partial charge is 1.00 e. The predicted octanol–water partition coefficient (Wildman–Crippen LogP) is 1.48. The van der Waals surface area contributed by atoms with Crippen molar-refractivity contribution in [2.45, 2.75) is 52.4 Å². The van der Waals surface area contributed by atoms with E-state index in [2.05, 4.69) is 97.7 Å². The van der Waals surface area contributed by atoms with Crippen LogP contribution in [0, 0.1) is 0 Å². The standard InChI is InChI=1S/C30H48N5Se.HI/c1-7-9-19-34(20-10-8-2)25-13-15-27-29(23-25)36-30-24-26(14-16-28(30)31-27)35(21-11-17-32(3)4)22-12-18-33(5)6;/h13-16,23-24H,7-12,17-22H2,1-6H3;1H/q+1;/p-1.